The van der Waals surface area contributed by atoms with E-state index in [1.807, 2.05) is 36.1 Å². The van der Waals surface area contributed by atoms with Crippen LogP contribution in [0.1, 0.15) is 68.9 Å². The number of pyridine rings is 1. The molecule has 15 heteroatoms. The Hall–Kier alpha value is -5.70. The summed E-state index contributed by atoms with van der Waals surface area (Å²) in [6.45, 7) is 4.16. The minimum atomic E-state index is -0.410. The van der Waals surface area contributed by atoms with Crippen molar-refractivity contribution < 1.29 is 19.2 Å². The molecule has 3 amide bonds. The SMILES string of the molecule is CN1CCCC1.CNC(=O)c1nnc(NC(=O)C2CC2)cc1Nc1cccc2c1N(C)Cc1c-2cnn1C1CN(C(=O)c2cccc(C=O)n2)C1. The molecule has 3 aromatic heterocycles. The van der Waals surface area contributed by atoms with Gasteiger partial charge in [0.15, 0.2) is 17.8 Å². The van der Waals surface area contributed by atoms with E-state index in [2.05, 4.69) is 48.0 Å². The van der Waals surface area contributed by atoms with E-state index in [-0.39, 0.29) is 46.7 Å². The second kappa shape index (κ2) is 14.3. The number of aromatic nitrogens is 5. The van der Waals surface area contributed by atoms with Crippen molar-refractivity contribution in [3.8, 4) is 11.1 Å². The molecule has 0 bridgehead atoms. The molecule has 4 aromatic rings. The van der Waals surface area contributed by atoms with Crippen LogP contribution < -0.4 is 20.9 Å². The number of nitrogens with one attached hydrogen (secondary N) is 3. The van der Waals surface area contributed by atoms with Crippen LogP contribution in [0.25, 0.3) is 11.1 Å². The zero-order valence-corrected chi connectivity index (χ0v) is 28.9. The Bertz CT molecular complexity index is 1980. The zero-order chi connectivity index (χ0) is 35.6. The topological polar surface area (TPSA) is 171 Å². The van der Waals surface area contributed by atoms with E-state index in [0.29, 0.717) is 31.6 Å². The monoisotopic (exact) mass is 691 g/mol. The molecule has 0 atom stereocenters. The lowest BCUT2D eigenvalue weighted by Gasteiger charge is -2.40. The zero-order valence-electron chi connectivity index (χ0n) is 28.9. The van der Waals surface area contributed by atoms with Crippen LogP contribution in [-0.2, 0) is 11.3 Å². The normalized spacial score (nSPS) is 16.6. The van der Waals surface area contributed by atoms with Crippen molar-refractivity contribution in [1.29, 1.82) is 0 Å². The number of amides is 3. The van der Waals surface area contributed by atoms with Gasteiger partial charge in [-0.2, -0.15) is 5.10 Å². The molecule has 1 saturated carbocycles. The minimum absolute atomic E-state index is 0.00508. The van der Waals surface area contributed by atoms with Gasteiger partial charge < -0.3 is 30.7 Å². The molecule has 264 valence electrons. The van der Waals surface area contributed by atoms with Crippen molar-refractivity contribution in [2.24, 2.45) is 5.92 Å². The Morgan fingerprint density at radius 2 is 1.71 bits per heavy atom. The van der Waals surface area contributed by atoms with Gasteiger partial charge in [0.2, 0.25) is 5.91 Å². The lowest BCUT2D eigenvalue weighted by atomic mass is 9.97. The lowest BCUT2D eigenvalue weighted by molar-refractivity contribution is -0.117. The highest BCUT2D eigenvalue weighted by molar-refractivity contribution is 6.01. The van der Waals surface area contributed by atoms with E-state index >= 15 is 0 Å². The standard InChI is InChI=1S/C31H30N10O4.C5H11N/c1-32-30(44)27-24(11-26(37-38-27)36-29(43)17-9-10-17)35-22-7-4-6-20-21-12-33-41(25(21)15-39(2)28(20)22)19-13-40(14-19)31(45)23-8-3-5-18(16-42)34-23;1-6-4-2-3-5-6/h3-8,11-12,16-17,19H,9-10,13-15H2,1-2H3,(H,32,44)(H2,35,36,37,43);2-5H2,1H3. The third-order valence-corrected chi connectivity index (χ3v) is 9.63. The Kier molecular flexibility index (Phi) is 9.45. The summed E-state index contributed by atoms with van der Waals surface area (Å²) in [6, 6.07) is 12.3. The summed E-state index contributed by atoms with van der Waals surface area (Å²) in [5.74, 6) is -0.470. The molecule has 1 aliphatic carbocycles. The predicted octanol–water partition coefficient (Wildman–Crippen LogP) is 3.36. The molecule has 0 spiro atoms. The summed E-state index contributed by atoms with van der Waals surface area (Å²) in [5.41, 5.74) is 5.61. The van der Waals surface area contributed by atoms with E-state index in [1.165, 1.54) is 33.0 Å². The number of likely N-dealkylation sites (tertiary alicyclic amines) is 2. The summed E-state index contributed by atoms with van der Waals surface area (Å²) in [5, 5.41) is 21.7. The van der Waals surface area contributed by atoms with Gasteiger partial charge in [-0.3, -0.25) is 23.9 Å². The van der Waals surface area contributed by atoms with E-state index in [1.54, 1.807) is 29.2 Å². The van der Waals surface area contributed by atoms with Crippen LogP contribution in [0.4, 0.5) is 22.9 Å². The van der Waals surface area contributed by atoms with Gasteiger partial charge in [0.05, 0.1) is 41.5 Å². The number of fused-ring (bicyclic) bond motifs is 3. The first-order valence-electron chi connectivity index (χ1n) is 17.2. The van der Waals surface area contributed by atoms with Gasteiger partial charge in [0.1, 0.15) is 11.4 Å². The van der Waals surface area contributed by atoms with Crippen LogP contribution in [0.5, 0.6) is 0 Å². The van der Waals surface area contributed by atoms with Crippen molar-refractivity contribution in [2.75, 3.05) is 62.9 Å². The molecule has 51 heavy (non-hydrogen) atoms. The van der Waals surface area contributed by atoms with Gasteiger partial charge in [0, 0.05) is 50.3 Å². The van der Waals surface area contributed by atoms with Crippen LogP contribution in [0, 0.1) is 5.92 Å². The molecule has 2 saturated heterocycles. The molecule has 3 N–H and O–H groups in total. The first-order chi connectivity index (χ1) is 24.7. The number of anilines is 4. The Morgan fingerprint density at radius 3 is 2.39 bits per heavy atom. The van der Waals surface area contributed by atoms with Crippen LogP contribution in [-0.4, -0.2) is 106 Å². The molecule has 0 unspecified atom stereocenters. The third kappa shape index (κ3) is 7.01. The van der Waals surface area contributed by atoms with Crippen LogP contribution in [0.3, 0.4) is 0 Å². The number of carbonyl (C=O) groups is 4. The molecule has 0 radical (unpaired) electrons. The fourth-order valence-electron chi connectivity index (χ4n) is 6.66. The molecular formula is C36H41N11O4. The maximum Gasteiger partial charge on any atom is 0.273 e. The lowest BCUT2D eigenvalue weighted by Crippen LogP contribution is -2.51. The molecular weight excluding hydrogens is 650 g/mol. The number of hydrogen-bond donors (Lipinski definition) is 3. The van der Waals surface area contributed by atoms with Crippen molar-refractivity contribution in [3.63, 3.8) is 0 Å². The second-order valence-corrected chi connectivity index (χ2v) is 13.4. The first-order valence-corrected chi connectivity index (χ1v) is 17.2. The van der Waals surface area contributed by atoms with Crippen molar-refractivity contribution in [1.82, 2.24) is 40.1 Å². The third-order valence-electron chi connectivity index (χ3n) is 9.63. The number of hydrogen-bond acceptors (Lipinski definition) is 11. The Morgan fingerprint density at radius 1 is 0.941 bits per heavy atom. The van der Waals surface area contributed by atoms with E-state index in [9.17, 15) is 19.2 Å². The minimum Gasteiger partial charge on any atom is -0.366 e. The first kappa shape index (κ1) is 33.8. The van der Waals surface area contributed by atoms with Crippen molar-refractivity contribution in [2.45, 2.75) is 38.3 Å². The summed E-state index contributed by atoms with van der Waals surface area (Å²) >= 11 is 0. The average molecular weight is 692 g/mol. The van der Waals surface area contributed by atoms with Gasteiger partial charge in [0.25, 0.3) is 11.8 Å². The van der Waals surface area contributed by atoms with E-state index in [0.717, 1.165) is 41.0 Å². The Labute approximate surface area is 295 Å². The van der Waals surface area contributed by atoms with Crippen molar-refractivity contribution >= 4 is 46.9 Å². The summed E-state index contributed by atoms with van der Waals surface area (Å²) in [4.78, 5) is 59.4. The average Bonchev–Trinajstić information content (AvgIpc) is 3.74. The Balaban J connectivity index is 0.000000615. The highest BCUT2D eigenvalue weighted by atomic mass is 16.2. The molecule has 8 rings (SSSR count). The van der Waals surface area contributed by atoms with Crippen LogP contribution >= 0.6 is 0 Å². The van der Waals surface area contributed by atoms with E-state index in [4.69, 9.17) is 5.10 Å². The summed E-state index contributed by atoms with van der Waals surface area (Å²) < 4.78 is 1.99. The maximum absolute atomic E-state index is 12.9. The number of carbonyl (C=O) groups excluding carboxylic acids is 4. The quantitative estimate of drug-likeness (QED) is 0.232. The number of rotatable bonds is 8. The molecule has 3 fully saturated rings. The number of nitrogens with zero attached hydrogens (tertiary/aromatic N) is 8. The van der Waals surface area contributed by atoms with Crippen LogP contribution in [0.15, 0.2) is 48.7 Å². The molecule has 4 aliphatic rings. The highest BCUT2D eigenvalue weighted by Crippen LogP contribution is 2.45. The molecule has 1 aromatic carbocycles. The highest BCUT2D eigenvalue weighted by Gasteiger charge is 2.37. The number of aldehydes is 1. The van der Waals surface area contributed by atoms with Gasteiger partial charge in [-0.25, -0.2) is 4.98 Å². The number of para-hydroxylation sites is 1. The van der Waals surface area contributed by atoms with Crippen LogP contribution in [0.2, 0.25) is 0 Å². The predicted molar refractivity (Wildman–Crippen MR) is 191 cm³/mol. The van der Waals surface area contributed by atoms with Gasteiger partial charge in [-0.15, -0.1) is 10.2 Å². The number of benzene rings is 1. The molecule has 3 aliphatic heterocycles. The molecule has 6 heterocycles. The fraction of sp³-hybridized carbons (Fsp3) is 0.389. The fourth-order valence-corrected chi connectivity index (χ4v) is 6.66. The van der Waals surface area contributed by atoms with Gasteiger partial charge in [-0.05, 0) is 64.0 Å². The van der Waals surface area contributed by atoms with Gasteiger partial charge in [-0.1, -0.05) is 18.2 Å². The maximum atomic E-state index is 12.9. The van der Waals surface area contributed by atoms with Gasteiger partial charge >= 0.3 is 0 Å². The summed E-state index contributed by atoms with van der Waals surface area (Å²) in [7, 11) is 5.68. The molecule has 15 nitrogen and oxygen atoms in total. The second-order valence-electron chi connectivity index (χ2n) is 13.4. The smallest absolute Gasteiger partial charge is 0.273 e. The van der Waals surface area contributed by atoms with E-state index < -0.39 is 5.91 Å². The largest absolute Gasteiger partial charge is 0.366 e. The van der Waals surface area contributed by atoms with Crippen molar-refractivity contribution in [3.05, 3.63) is 71.4 Å². The summed E-state index contributed by atoms with van der Waals surface area (Å²) in [6.07, 6.45) is 7.01.